The van der Waals surface area contributed by atoms with Gasteiger partial charge in [-0.15, -0.1) is 0 Å². The van der Waals surface area contributed by atoms with Gasteiger partial charge in [-0.25, -0.2) is 9.78 Å². The van der Waals surface area contributed by atoms with Crippen LogP contribution in [-0.2, 0) is 9.53 Å². The van der Waals surface area contributed by atoms with Crippen molar-refractivity contribution in [2.24, 2.45) is 5.10 Å². The zero-order valence-corrected chi connectivity index (χ0v) is 23.4. The van der Waals surface area contributed by atoms with Crippen molar-refractivity contribution in [3.05, 3.63) is 66.2 Å². The molecule has 0 bridgehead atoms. The fourth-order valence-electron chi connectivity index (χ4n) is 4.22. The Hall–Kier alpha value is -2.27. The molecule has 0 spiro atoms. The summed E-state index contributed by atoms with van der Waals surface area (Å²) in [6.07, 6.45) is 6.45. The molecule has 0 aliphatic heterocycles. The maximum absolute atomic E-state index is 13.4. The number of fused-ring (bicyclic) bond motifs is 1. The number of carbonyl (C=O) groups is 1. The van der Waals surface area contributed by atoms with Gasteiger partial charge in [-0.2, -0.15) is 9.78 Å². The standard InChI is InChI=1S/C26H27BrIN3O4/c1-3-34-26(33)16(2)35-23-12-9-17(13-21(23)28)15-29-31-24(18-7-5-4-6-8-18)30-22-11-10-19(27)14-20(22)25(31)32/h9-16,18H,3-8H2,1-2H3/t16-/m0/s1. The summed E-state index contributed by atoms with van der Waals surface area (Å²) in [5.74, 6) is 1.11. The third-order valence-corrected chi connectivity index (χ3v) is 7.34. The summed E-state index contributed by atoms with van der Waals surface area (Å²) in [7, 11) is 0. The fourth-order valence-corrected chi connectivity index (χ4v) is 5.25. The molecular weight excluding hydrogens is 625 g/mol. The average molecular weight is 652 g/mol. The van der Waals surface area contributed by atoms with E-state index in [1.807, 2.05) is 24.3 Å². The topological polar surface area (TPSA) is 82.8 Å². The van der Waals surface area contributed by atoms with Crippen LogP contribution in [0.3, 0.4) is 0 Å². The maximum atomic E-state index is 13.4. The molecule has 7 nitrogen and oxygen atoms in total. The number of rotatable bonds is 7. The second-order valence-electron chi connectivity index (χ2n) is 8.53. The van der Waals surface area contributed by atoms with Gasteiger partial charge in [-0.05, 0) is 91.2 Å². The van der Waals surface area contributed by atoms with Gasteiger partial charge in [0.05, 0.1) is 27.3 Å². The first kappa shape index (κ1) is 25.8. The molecule has 0 amide bonds. The van der Waals surface area contributed by atoms with Crippen LogP contribution in [0.4, 0.5) is 0 Å². The SMILES string of the molecule is CCOC(=O)[C@H](C)Oc1ccc(C=Nn2c(C3CCCCC3)nc3ccc(Br)cc3c2=O)cc1I. The van der Waals surface area contributed by atoms with Gasteiger partial charge >= 0.3 is 5.97 Å². The van der Waals surface area contributed by atoms with Crippen molar-refractivity contribution in [3.8, 4) is 5.75 Å². The Bertz CT molecular complexity index is 1320. The highest BCUT2D eigenvalue weighted by atomic mass is 127. The molecule has 1 heterocycles. The molecule has 2 aromatic carbocycles. The summed E-state index contributed by atoms with van der Waals surface area (Å²) >= 11 is 5.61. The Kier molecular flexibility index (Phi) is 8.59. The highest BCUT2D eigenvalue weighted by Gasteiger charge is 2.22. The van der Waals surface area contributed by atoms with Crippen LogP contribution < -0.4 is 10.3 Å². The van der Waals surface area contributed by atoms with E-state index in [4.69, 9.17) is 14.5 Å². The Balaban J connectivity index is 1.66. The molecule has 3 aromatic rings. The predicted molar refractivity (Wildman–Crippen MR) is 148 cm³/mol. The van der Waals surface area contributed by atoms with Crippen molar-refractivity contribution < 1.29 is 14.3 Å². The van der Waals surface area contributed by atoms with Gasteiger partial charge in [0.1, 0.15) is 11.6 Å². The quantitative estimate of drug-likeness (QED) is 0.177. The first-order valence-electron chi connectivity index (χ1n) is 11.8. The summed E-state index contributed by atoms with van der Waals surface area (Å²) in [4.78, 5) is 30.2. The number of aromatic nitrogens is 2. The molecule has 1 atom stereocenters. The van der Waals surface area contributed by atoms with Crippen molar-refractivity contribution >= 4 is 61.6 Å². The van der Waals surface area contributed by atoms with Gasteiger partial charge in [-0.3, -0.25) is 4.79 Å². The van der Waals surface area contributed by atoms with Crippen molar-refractivity contribution in [2.75, 3.05) is 6.61 Å². The first-order valence-corrected chi connectivity index (χ1v) is 13.6. The molecule has 1 fully saturated rings. The maximum Gasteiger partial charge on any atom is 0.347 e. The summed E-state index contributed by atoms with van der Waals surface area (Å²) in [5, 5.41) is 5.13. The third-order valence-electron chi connectivity index (χ3n) is 6.00. The second kappa shape index (κ2) is 11.6. The minimum Gasteiger partial charge on any atom is -0.478 e. The molecule has 0 saturated heterocycles. The summed E-state index contributed by atoms with van der Waals surface area (Å²) in [6.45, 7) is 3.73. The van der Waals surface area contributed by atoms with E-state index >= 15 is 0 Å². The monoisotopic (exact) mass is 651 g/mol. The Morgan fingerprint density at radius 3 is 2.74 bits per heavy atom. The van der Waals surface area contributed by atoms with Crippen molar-refractivity contribution in [2.45, 2.75) is 58.0 Å². The summed E-state index contributed by atoms with van der Waals surface area (Å²) in [6, 6.07) is 11.1. The molecule has 1 aliphatic rings. The van der Waals surface area contributed by atoms with Crippen LogP contribution >= 0.6 is 38.5 Å². The second-order valence-corrected chi connectivity index (χ2v) is 10.6. The number of esters is 1. The van der Waals surface area contributed by atoms with Crippen LogP contribution in [0.1, 0.15) is 63.3 Å². The first-order chi connectivity index (χ1) is 16.9. The van der Waals surface area contributed by atoms with E-state index in [0.717, 1.165) is 45.1 Å². The number of ether oxygens (including phenoxy) is 2. The van der Waals surface area contributed by atoms with Crippen LogP contribution in [0.15, 0.2) is 50.8 Å². The van der Waals surface area contributed by atoms with E-state index in [9.17, 15) is 9.59 Å². The molecule has 35 heavy (non-hydrogen) atoms. The largest absolute Gasteiger partial charge is 0.478 e. The molecule has 4 rings (SSSR count). The van der Waals surface area contributed by atoms with E-state index in [1.165, 1.54) is 11.1 Å². The molecular formula is C26H27BrIN3O4. The highest BCUT2D eigenvalue weighted by molar-refractivity contribution is 14.1. The van der Waals surface area contributed by atoms with E-state index in [1.54, 1.807) is 32.2 Å². The van der Waals surface area contributed by atoms with Crippen LogP contribution in [-0.4, -0.2) is 34.6 Å². The number of hydrogen-bond donors (Lipinski definition) is 0. The molecule has 1 aromatic heterocycles. The van der Waals surface area contributed by atoms with E-state index < -0.39 is 12.1 Å². The molecule has 0 unspecified atom stereocenters. The molecule has 1 saturated carbocycles. The van der Waals surface area contributed by atoms with Crippen molar-refractivity contribution in [1.82, 2.24) is 9.66 Å². The molecule has 1 aliphatic carbocycles. The Labute approximate surface area is 226 Å². The van der Waals surface area contributed by atoms with E-state index in [-0.39, 0.29) is 11.5 Å². The highest BCUT2D eigenvalue weighted by Crippen LogP contribution is 2.32. The van der Waals surface area contributed by atoms with E-state index in [0.29, 0.717) is 23.3 Å². The number of nitrogens with zero attached hydrogens (tertiary/aromatic N) is 3. The van der Waals surface area contributed by atoms with E-state index in [2.05, 4.69) is 43.6 Å². The molecule has 0 radical (unpaired) electrons. The lowest BCUT2D eigenvalue weighted by molar-refractivity contribution is -0.150. The summed E-state index contributed by atoms with van der Waals surface area (Å²) < 4.78 is 13.9. The summed E-state index contributed by atoms with van der Waals surface area (Å²) in [5.41, 5.74) is 1.32. The average Bonchev–Trinajstić information content (AvgIpc) is 2.86. The van der Waals surface area contributed by atoms with Gasteiger partial charge in [-0.1, -0.05) is 35.2 Å². The number of carbonyl (C=O) groups excluding carboxylic acids is 1. The lowest BCUT2D eigenvalue weighted by atomic mass is 9.88. The van der Waals surface area contributed by atoms with Gasteiger partial charge in [0, 0.05) is 10.4 Å². The van der Waals surface area contributed by atoms with Crippen LogP contribution in [0, 0.1) is 3.57 Å². The smallest absolute Gasteiger partial charge is 0.347 e. The number of benzene rings is 2. The third kappa shape index (κ3) is 6.11. The minimum atomic E-state index is -0.706. The molecule has 184 valence electrons. The van der Waals surface area contributed by atoms with Crippen LogP contribution in [0.5, 0.6) is 5.75 Å². The van der Waals surface area contributed by atoms with Crippen LogP contribution in [0.2, 0.25) is 0 Å². The minimum absolute atomic E-state index is 0.175. The van der Waals surface area contributed by atoms with Gasteiger partial charge in [0.15, 0.2) is 6.10 Å². The predicted octanol–water partition coefficient (Wildman–Crippen LogP) is 6.02. The van der Waals surface area contributed by atoms with Gasteiger partial charge in [0.25, 0.3) is 5.56 Å². The van der Waals surface area contributed by atoms with Gasteiger partial charge in [0.2, 0.25) is 0 Å². The van der Waals surface area contributed by atoms with Crippen molar-refractivity contribution in [1.29, 1.82) is 0 Å². The fraction of sp³-hybridized carbons (Fsp3) is 0.385. The van der Waals surface area contributed by atoms with Crippen LogP contribution in [0.25, 0.3) is 10.9 Å². The lowest BCUT2D eigenvalue weighted by Gasteiger charge is -2.22. The molecule has 0 N–H and O–H groups in total. The zero-order chi connectivity index (χ0) is 24.9. The van der Waals surface area contributed by atoms with Gasteiger partial charge < -0.3 is 9.47 Å². The number of hydrogen-bond acceptors (Lipinski definition) is 6. The zero-order valence-electron chi connectivity index (χ0n) is 19.7. The molecule has 9 heteroatoms. The normalized spacial score (nSPS) is 15.4. The Morgan fingerprint density at radius 2 is 2.03 bits per heavy atom. The lowest BCUT2D eigenvalue weighted by Crippen LogP contribution is -2.26. The Morgan fingerprint density at radius 1 is 1.26 bits per heavy atom. The number of halogens is 2. The van der Waals surface area contributed by atoms with Crippen molar-refractivity contribution in [3.63, 3.8) is 0 Å².